The van der Waals surface area contributed by atoms with Gasteiger partial charge < -0.3 is 10.6 Å². The largest absolute Gasteiger partial charge is 0.354 e. The number of nitrogens with zero attached hydrogens (tertiary/aromatic N) is 3. The van der Waals surface area contributed by atoms with Crippen LogP contribution in [-0.4, -0.2) is 44.9 Å². The highest BCUT2D eigenvalue weighted by molar-refractivity contribution is 7.99. The summed E-state index contributed by atoms with van der Waals surface area (Å²) in [6.45, 7) is 4.15. The molecule has 0 unspecified atom stereocenters. The quantitative estimate of drug-likeness (QED) is 0.498. The van der Waals surface area contributed by atoms with Gasteiger partial charge in [-0.15, -0.1) is 10.2 Å². The van der Waals surface area contributed by atoms with Crippen LogP contribution in [0.4, 0.5) is 4.39 Å². The standard InChI is InChI=1S/C22H24FN5O2S/c1-3-13-24-21(30)15(2)25-19(29)14-31-22-27-26-20(17-11-7-8-12-18(17)23)28(22)16-9-5-4-6-10-16/h4-12,15H,3,13-14H2,1-2H3,(H,24,30)(H,25,29)/t15-/m1/s1. The fraction of sp³-hybridized carbons (Fsp3) is 0.273. The van der Waals surface area contributed by atoms with Crippen LogP contribution in [0, 0.1) is 5.82 Å². The Hall–Kier alpha value is -3.20. The maximum absolute atomic E-state index is 14.4. The molecule has 2 aromatic carbocycles. The summed E-state index contributed by atoms with van der Waals surface area (Å²) in [5.41, 5.74) is 1.07. The van der Waals surface area contributed by atoms with E-state index in [-0.39, 0.29) is 17.6 Å². The average molecular weight is 442 g/mol. The summed E-state index contributed by atoms with van der Waals surface area (Å²) >= 11 is 1.17. The first-order valence-corrected chi connectivity index (χ1v) is 11.0. The Labute approximate surface area is 184 Å². The third kappa shape index (κ3) is 5.69. The molecule has 3 aromatic rings. The number of benzene rings is 2. The Morgan fingerprint density at radius 1 is 1.10 bits per heavy atom. The maximum Gasteiger partial charge on any atom is 0.242 e. The molecule has 0 aliphatic rings. The number of carbonyl (C=O) groups excluding carboxylic acids is 2. The number of carbonyl (C=O) groups is 2. The Balaban J connectivity index is 1.78. The third-order valence-electron chi connectivity index (χ3n) is 4.41. The second-order valence-electron chi connectivity index (χ2n) is 6.83. The lowest BCUT2D eigenvalue weighted by Crippen LogP contribution is -2.45. The van der Waals surface area contributed by atoms with Crippen molar-refractivity contribution in [1.29, 1.82) is 0 Å². The number of aromatic nitrogens is 3. The van der Waals surface area contributed by atoms with Crippen molar-refractivity contribution in [3.05, 3.63) is 60.4 Å². The minimum Gasteiger partial charge on any atom is -0.354 e. The van der Waals surface area contributed by atoms with E-state index >= 15 is 0 Å². The highest BCUT2D eigenvalue weighted by Crippen LogP contribution is 2.29. The number of halogens is 1. The van der Waals surface area contributed by atoms with Gasteiger partial charge in [0.25, 0.3) is 0 Å². The normalized spacial score (nSPS) is 11.7. The first kappa shape index (κ1) is 22.5. The fourth-order valence-corrected chi connectivity index (χ4v) is 3.63. The van der Waals surface area contributed by atoms with Gasteiger partial charge in [0, 0.05) is 12.2 Å². The van der Waals surface area contributed by atoms with E-state index in [1.807, 2.05) is 37.3 Å². The molecule has 0 bridgehead atoms. The number of hydrogen-bond donors (Lipinski definition) is 2. The van der Waals surface area contributed by atoms with Crippen LogP contribution in [0.3, 0.4) is 0 Å². The molecule has 3 rings (SSSR count). The highest BCUT2D eigenvalue weighted by atomic mass is 32.2. The van der Waals surface area contributed by atoms with Crippen LogP contribution < -0.4 is 10.6 Å². The van der Waals surface area contributed by atoms with Gasteiger partial charge in [-0.3, -0.25) is 14.2 Å². The number of amides is 2. The minimum absolute atomic E-state index is 0.0354. The molecule has 2 amide bonds. The van der Waals surface area contributed by atoms with Crippen molar-refractivity contribution in [1.82, 2.24) is 25.4 Å². The van der Waals surface area contributed by atoms with Crippen molar-refractivity contribution in [3.8, 4) is 17.1 Å². The second-order valence-corrected chi connectivity index (χ2v) is 7.77. The molecule has 0 fully saturated rings. The van der Waals surface area contributed by atoms with Crippen LogP contribution in [0.5, 0.6) is 0 Å². The number of para-hydroxylation sites is 1. The van der Waals surface area contributed by atoms with Crippen molar-refractivity contribution >= 4 is 23.6 Å². The molecule has 162 valence electrons. The molecule has 2 N–H and O–H groups in total. The van der Waals surface area contributed by atoms with Gasteiger partial charge >= 0.3 is 0 Å². The van der Waals surface area contributed by atoms with Gasteiger partial charge in [-0.25, -0.2) is 4.39 Å². The smallest absolute Gasteiger partial charge is 0.242 e. The Kier molecular flexibility index (Phi) is 7.77. The third-order valence-corrected chi connectivity index (χ3v) is 5.34. The average Bonchev–Trinajstić information content (AvgIpc) is 3.20. The number of hydrogen-bond acceptors (Lipinski definition) is 5. The number of nitrogens with one attached hydrogen (secondary N) is 2. The molecule has 0 aliphatic carbocycles. The van der Waals surface area contributed by atoms with E-state index in [2.05, 4.69) is 20.8 Å². The van der Waals surface area contributed by atoms with E-state index in [0.29, 0.717) is 23.1 Å². The molecule has 0 spiro atoms. The van der Waals surface area contributed by atoms with Gasteiger partial charge in [-0.2, -0.15) is 0 Å². The maximum atomic E-state index is 14.4. The lowest BCUT2D eigenvalue weighted by Gasteiger charge is -2.14. The summed E-state index contributed by atoms with van der Waals surface area (Å²) in [5.74, 6) is -0.560. The molecule has 1 aromatic heterocycles. The molecule has 9 heteroatoms. The highest BCUT2D eigenvalue weighted by Gasteiger charge is 2.20. The lowest BCUT2D eigenvalue weighted by molar-refractivity contribution is -0.127. The predicted octanol–water partition coefficient (Wildman–Crippen LogP) is 3.20. The Morgan fingerprint density at radius 3 is 2.52 bits per heavy atom. The van der Waals surface area contributed by atoms with Crippen molar-refractivity contribution in [3.63, 3.8) is 0 Å². The van der Waals surface area contributed by atoms with E-state index in [0.717, 1.165) is 12.1 Å². The van der Waals surface area contributed by atoms with E-state index in [1.54, 1.807) is 29.7 Å². The molecule has 0 radical (unpaired) electrons. The molecule has 7 nitrogen and oxygen atoms in total. The van der Waals surface area contributed by atoms with Crippen molar-refractivity contribution < 1.29 is 14.0 Å². The first-order chi connectivity index (χ1) is 15.0. The minimum atomic E-state index is -0.638. The van der Waals surface area contributed by atoms with Crippen molar-refractivity contribution in [2.45, 2.75) is 31.5 Å². The summed E-state index contributed by atoms with van der Waals surface area (Å²) < 4.78 is 16.1. The molecule has 1 atom stereocenters. The first-order valence-electron chi connectivity index (χ1n) is 9.97. The molecule has 0 aliphatic heterocycles. The van der Waals surface area contributed by atoms with Gasteiger partial charge in [-0.1, -0.05) is 49.0 Å². The Bertz CT molecular complexity index is 1040. The SMILES string of the molecule is CCCNC(=O)[C@@H](C)NC(=O)CSc1nnc(-c2ccccc2F)n1-c1ccccc1. The second kappa shape index (κ2) is 10.7. The lowest BCUT2D eigenvalue weighted by atomic mass is 10.2. The molecular formula is C22H24FN5O2S. The van der Waals surface area contributed by atoms with E-state index < -0.39 is 11.9 Å². The number of thioether (sulfide) groups is 1. The summed E-state index contributed by atoms with van der Waals surface area (Å²) in [6.07, 6.45) is 0.821. The summed E-state index contributed by atoms with van der Waals surface area (Å²) in [7, 11) is 0. The monoisotopic (exact) mass is 441 g/mol. The molecule has 0 saturated heterocycles. The Morgan fingerprint density at radius 2 is 1.81 bits per heavy atom. The van der Waals surface area contributed by atoms with E-state index in [1.165, 1.54) is 17.8 Å². The van der Waals surface area contributed by atoms with E-state index in [4.69, 9.17) is 0 Å². The van der Waals surface area contributed by atoms with Crippen molar-refractivity contribution in [2.24, 2.45) is 0 Å². The zero-order chi connectivity index (χ0) is 22.2. The zero-order valence-electron chi connectivity index (χ0n) is 17.3. The molecule has 31 heavy (non-hydrogen) atoms. The molecule has 0 saturated carbocycles. The molecule has 1 heterocycles. The summed E-state index contributed by atoms with van der Waals surface area (Å²) in [5, 5.41) is 14.2. The zero-order valence-corrected chi connectivity index (χ0v) is 18.2. The fourth-order valence-electron chi connectivity index (χ4n) is 2.87. The number of rotatable bonds is 9. The summed E-state index contributed by atoms with van der Waals surface area (Å²) in [4.78, 5) is 24.3. The van der Waals surface area contributed by atoms with Gasteiger partial charge in [0.15, 0.2) is 11.0 Å². The van der Waals surface area contributed by atoms with E-state index in [9.17, 15) is 14.0 Å². The topological polar surface area (TPSA) is 88.9 Å². The van der Waals surface area contributed by atoms with Crippen LogP contribution >= 0.6 is 11.8 Å². The van der Waals surface area contributed by atoms with Gasteiger partial charge in [0.05, 0.1) is 11.3 Å². The van der Waals surface area contributed by atoms with Crippen LogP contribution in [0.2, 0.25) is 0 Å². The van der Waals surface area contributed by atoms with Crippen LogP contribution in [0.25, 0.3) is 17.1 Å². The van der Waals surface area contributed by atoms with Crippen LogP contribution in [-0.2, 0) is 9.59 Å². The van der Waals surface area contributed by atoms with Crippen LogP contribution in [0.15, 0.2) is 59.8 Å². The predicted molar refractivity (Wildman–Crippen MR) is 118 cm³/mol. The van der Waals surface area contributed by atoms with Gasteiger partial charge in [-0.05, 0) is 37.6 Å². The van der Waals surface area contributed by atoms with Crippen molar-refractivity contribution in [2.75, 3.05) is 12.3 Å². The molecular weight excluding hydrogens is 417 g/mol. The summed E-state index contributed by atoms with van der Waals surface area (Å²) in [6, 6.07) is 15.0. The van der Waals surface area contributed by atoms with Gasteiger partial charge in [0.2, 0.25) is 11.8 Å². The van der Waals surface area contributed by atoms with Gasteiger partial charge in [0.1, 0.15) is 11.9 Å². The van der Waals surface area contributed by atoms with Crippen LogP contribution in [0.1, 0.15) is 20.3 Å².